The van der Waals surface area contributed by atoms with E-state index >= 15 is 0 Å². The van der Waals surface area contributed by atoms with Crippen molar-refractivity contribution in [1.29, 1.82) is 0 Å². The Labute approximate surface area is 158 Å². The van der Waals surface area contributed by atoms with Crippen LogP contribution >= 0.6 is 11.3 Å². The van der Waals surface area contributed by atoms with Crippen LogP contribution in [0.15, 0.2) is 48.5 Å². The minimum atomic E-state index is -0.967. The molecule has 0 spiro atoms. The van der Waals surface area contributed by atoms with Crippen LogP contribution in [-0.4, -0.2) is 29.9 Å². The van der Waals surface area contributed by atoms with Crippen LogP contribution in [-0.2, 0) is 4.74 Å². The van der Waals surface area contributed by atoms with Gasteiger partial charge in [0.15, 0.2) is 6.10 Å². The maximum absolute atomic E-state index is 12.4. The summed E-state index contributed by atoms with van der Waals surface area (Å²) < 4.78 is 11.0. The summed E-state index contributed by atoms with van der Waals surface area (Å²) in [6.45, 7) is 1.50. The third-order valence-corrected chi connectivity index (χ3v) is 5.04. The molecule has 0 N–H and O–H groups in total. The van der Waals surface area contributed by atoms with Crippen molar-refractivity contribution in [3.05, 3.63) is 69.1 Å². The molecule has 1 atom stereocenters. The van der Waals surface area contributed by atoms with E-state index in [-0.39, 0.29) is 16.3 Å². The van der Waals surface area contributed by atoms with Gasteiger partial charge in [-0.2, -0.15) is 0 Å². The molecule has 0 aliphatic carbocycles. The quantitative estimate of drug-likeness (QED) is 0.272. The number of benzene rings is 2. The van der Waals surface area contributed by atoms with Crippen LogP contribution in [0, 0.1) is 10.1 Å². The van der Waals surface area contributed by atoms with Gasteiger partial charge in [-0.25, -0.2) is 4.79 Å². The number of esters is 1. The number of fused-ring (bicyclic) bond motifs is 1. The van der Waals surface area contributed by atoms with E-state index in [0.717, 1.165) is 16.0 Å². The van der Waals surface area contributed by atoms with Crippen molar-refractivity contribution in [1.82, 2.24) is 0 Å². The van der Waals surface area contributed by atoms with Crippen molar-refractivity contribution < 1.29 is 24.0 Å². The minimum Gasteiger partial charge on any atom is -0.497 e. The van der Waals surface area contributed by atoms with Crippen LogP contribution in [0.4, 0.5) is 5.69 Å². The molecule has 7 nitrogen and oxygen atoms in total. The van der Waals surface area contributed by atoms with Gasteiger partial charge in [-0.1, -0.05) is 0 Å². The molecule has 27 heavy (non-hydrogen) atoms. The fourth-order valence-corrected chi connectivity index (χ4v) is 3.43. The number of nitro benzene ring substituents is 1. The summed E-state index contributed by atoms with van der Waals surface area (Å²) >= 11 is 1.16. The predicted octanol–water partition coefficient (Wildman–Crippen LogP) is 4.25. The number of Topliss-reactive ketones (excluding diaryl/α,β-unsaturated/α-hetero) is 1. The molecular formula is C19H15NO6S. The monoisotopic (exact) mass is 385 g/mol. The average molecular weight is 385 g/mol. The minimum absolute atomic E-state index is 0.0525. The molecule has 0 radical (unpaired) electrons. The zero-order valence-corrected chi connectivity index (χ0v) is 15.3. The summed E-state index contributed by atoms with van der Waals surface area (Å²) in [6.07, 6.45) is -0.967. The molecule has 0 aliphatic heterocycles. The molecule has 138 valence electrons. The Balaban J connectivity index is 1.74. The summed E-state index contributed by atoms with van der Waals surface area (Å²) in [5.74, 6) is -0.355. The van der Waals surface area contributed by atoms with Crippen LogP contribution in [0.3, 0.4) is 0 Å². The molecule has 1 heterocycles. The highest BCUT2D eigenvalue weighted by atomic mass is 32.1. The first-order chi connectivity index (χ1) is 12.9. The van der Waals surface area contributed by atoms with Gasteiger partial charge in [0.25, 0.3) is 5.69 Å². The largest absolute Gasteiger partial charge is 0.497 e. The molecule has 3 rings (SSSR count). The van der Waals surface area contributed by atoms with Crippen LogP contribution < -0.4 is 4.74 Å². The first-order valence-electron chi connectivity index (χ1n) is 7.96. The van der Waals surface area contributed by atoms with Crippen molar-refractivity contribution in [2.75, 3.05) is 7.11 Å². The Hall–Kier alpha value is -3.26. The zero-order valence-electron chi connectivity index (χ0n) is 14.5. The molecule has 0 bridgehead atoms. The number of thiophene rings is 1. The molecule has 0 saturated heterocycles. The lowest BCUT2D eigenvalue weighted by Crippen LogP contribution is -2.24. The summed E-state index contributed by atoms with van der Waals surface area (Å²) in [7, 11) is 1.53. The van der Waals surface area contributed by atoms with Gasteiger partial charge in [0.1, 0.15) is 10.6 Å². The molecule has 1 aromatic heterocycles. The lowest BCUT2D eigenvalue weighted by Gasteiger charge is -2.11. The van der Waals surface area contributed by atoms with Crippen molar-refractivity contribution in [2.24, 2.45) is 0 Å². The van der Waals surface area contributed by atoms with E-state index in [4.69, 9.17) is 9.47 Å². The van der Waals surface area contributed by atoms with Gasteiger partial charge in [0, 0.05) is 27.8 Å². The molecule has 0 fully saturated rings. The highest BCUT2D eigenvalue weighted by Gasteiger charge is 2.22. The van der Waals surface area contributed by atoms with E-state index < -0.39 is 17.0 Å². The number of nitrogens with zero attached hydrogens (tertiary/aromatic N) is 1. The Morgan fingerprint density at radius 1 is 1.11 bits per heavy atom. The number of nitro groups is 1. The lowest BCUT2D eigenvalue weighted by atomic mass is 10.1. The first-order valence-corrected chi connectivity index (χ1v) is 8.78. The standard InChI is InChI=1S/C19H15NO6S/c1-11(18(21)12-3-6-15(25-2)7-4-12)26-19(22)17-10-13-9-14(20(23)24)5-8-16(13)27-17/h3-11H,1-2H3/t11-/m0/s1. The third-order valence-electron chi connectivity index (χ3n) is 3.94. The molecular weight excluding hydrogens is 370 g/mol. The molecule has 0 unspecified atom stereocenters. The van der Waals surface area contributed by atoms with Crippen LogP contribution in [0.5, 0.6) is 5.75 Å². The van der Waals surface area contributed by atoms with E-state index in [0.29, 0.717) is 16.7 Å². The van der Waals surface area contributed by atoms with E-state index in [1.165, 1.54) is 32.2 Å². The number of ether oxygens (including phenoxy) is 2. The van der Waals surface area contributed by atoms with E-state index in [2.05, 4.69) is 0 Å². The molecule has 3 aromatic rings. The lowest BCUT2D eigenvalue weighted by molar-refractivity contribution is -0.384. The fraction of sp³-hybridized carbons (Fsp3) is 0.158. The summed E-state index contributed by atoms with van der Waals surface area (Å²) in [6, 6.07) is 12.4. The second-order valence-corrected chi connectivity index (χ2v) is 6.81. The van der Waals surface area contributed by atoms with Gasteiger partial charge in [-0.15, -0.1) is 11.3 Å². The third kappa shape index (κ3) is 3.95. The number of non-ortho nitro benzene ring substituents is 1. The van der Waals surface area contributed by atoms with Gasteiger partial charge < -0.3 is 9.47 Å². The Morgan fingerprint density at radius 3 is 2.44 bits per heavy atom. The molecule has 0 saturated carbocycles. The summed E-state index contributed by atoms with van der Waals surface area (Å²) in [4.78, 5) is 35.4. The molecule has 8 heteroatoms. The Morgan fingerprint density at radius 2 is 1.81 bits per heavy atom. The highest BCUT2D eigenvalue weighted by Crippen LogP contribution is 2.29. The number of carbonyl (C=O) groups is 2. The van der Waals surface area contributed by atoms with E-state index in [9.17, 15) is 19.7 Å². The first kappa shape index (κ1) is 18.5. The number of carbonyl (C=O) groups excluding carboxylic acids is 2. The predicted molar refractivity (Wildman–Crippen MR) is 101 cm³/mol. The van der Waals surface area contributed by atoms with Crippen molar-refractivity contribution in [2.45, 2.75) is 13.0 Å². The molecule has 0 amide bonds. The van der Waals surface area contributed by atoms with Gasteiger partial charge >= 0.3 is 5.97 Å². The van der Waals surface area contributed by atoms with E-state index in [1.807, 2.05) is 0 Å². The van der Waals surface area contributed by atoms with Crippen molar-refractivity contribution >= 4 is 38.9 Å². The number of methoxy groups -OCH3 is 1. The maximum atomic E-state index is 12.4. The zero-order chi connectivity index (χ0) is 19.6. The summed E-state index contributed by atoms with van der Waals surface area (Å²) in [5, 5.41) is 11.4. The average Bonchev–Trinajstić information content (AvgIpc) is 3.10. The van der Waals surface area contributed by atoms with Crippen molar-refractivity contribution in [3.8, 4) is 5.75 Å². The molecule has 2 aromatic carbocycles. The van der Waals surface area contributed by atoms with Crippen LogP contribution in [0.2, 0.25) is 0 Å². The Bertz CT molecular complexity index is 1020. The molecule has 0 aliphatic rings. The number of rotatable bonds is 6. The second kappa shape index (κ2) is 7.55. The van der Waals surface area contributed by atoms with Gasteiger partial charge in [0.05, 0.1) is 12.0 Å². The highest BCUT2D eigenvalue weighted by molar-refractivity contribution is 7.20. The van der Waals surface area contributed by atoms with Gasteiger partial charge in [-0.05, 0) is 43.3 Å². The topological polar surface area (TPSA) is 95.7 Å². The van der Waals surface area contributed by atoms with Crippen molar-refractivity contribution in [3.63, 3.8) is 0 Å². The summed E-state index contributed by atoms with van der Waals surface area (Å²) in [5.41, 5.74) is 0.353. The van der Waals surface area contributed by atoms with Gasteiger partial charge in [0.2, 0.25) is 5.78 Å². The smallest absolute Gasteiger partial charge is 0.349 e. The van der Waals surface area contributed by atoms with Crippen LogP contribution in [0.25, 0.3) is 10.1 Å². The number of hydrogen-bond acceptors (Lipinski definition) is 7. The second-order valence-electron chi connectivity index (χ2n) is 5.73. The van der Waals surface area contributed by atoms with E-state index in [1.54, 1.807) is 30.3 Å². The fourth-order valence-electron chi connectivity index (χ4n) is 2.51. The maximum Gasteiger partial charge on any atom is 0.349 e. The van der Waals surface area contributed by atoms with Gasteiger partial charge in [-0.3, -0.25) is 14.9 Å². The Kier molecular flexibility index (Phi) is 5.18. The van der Waals surface area contributed by atoms with Crippen LogP contribution in [0.1, 0.15) is 27.0 Å². The SMILES string of the molecule is COc1ccc(C(=O)[C@H](C)OC(=O)c2cc3cc([N+](=O)[O-])ccc3s2)cc1. The number of ketones is 1. The number of hydrogen-bond donors (Lipinski definition) is 0. The normalized spacial score (nSPS) is 11.8.